The highest BCUT2D eigenvalue weighted by Crippen LogP contribution is 2.23. The van der Waals surface area contributed by atoms with Crippen LogP contribution in [0.25, 0.3) is 0 Å². The molecule has 0 aliphatic heterocycles. The van der Waals surface area contributed by atoms with E-state index in [4.69, 9.17) is 11.6 Å². The molecule has 0 amide bonds. The van der Waals surface area contributed by atoms with Crippen molar-refractivity contribution in [1.29, 1.82) is 0 Å². The Morgan fingerprint density at radius 1 is 1.26 bits per heavy atom. The van der Waals surface area contributed by atoms with Crippen LogP contribution >= 0.6 is 11.6 Å². The molecule has 100 valence electrons. The van der Waals surface area contributed by atoms with Crippen LogP contribution in [0.3, 0.4) is 0 Å². The molecule has 0 bridgehead atoms. The molecule has 0 aliphatic rings. The number of hydrogen-bond acceptors (Lipinski definition) is 2. The second kappa shape index (κ2) is 6.04. The van der Waals surface area contributed by atoms with Crippen molar-refractivity contribution in [3.8, 4) is 0 Å². The second-order valence-corrected chi connectivity index (χ2v) is 4.77. The highest BCUT2D eigenvalue weighted by atomic mass is 35.5. The van der Waals surface area contributed by atoms with E-state index in [1.807, 2.05) is 24.3 Å². The minimum absolute atomic E-state index is 0.114. The molecule has 1 unspecified atom stereocenters. The lowest BCUT2D eigenvalue weighted by molar-refractivity contribution is 0.200. The van der Waals surface area contributed by atoms with Crippen LogP contribution in [-0.2, 0) is 6.54 Å². The summed E-state index contributed by atoms with van der Waals surface area (Å²) in [6.07, 6.45) is -0.541. The lowest BCUT2D eigenvalue weighted by Crippen LogP contribution is -2.04. The smallest absolute Gasteiger partial charge is 0.141 e. The Balaban J connectivity index is 2.12. The Hall–Kier alpha value is -1.58. The predicted molar refractivity (Wildman–Crippen MR) is 75.8 cm³/mol. The lowest BCUT2D eigenvalue weighted by atomic mass is 10.1. The molecule has 0 heterocycles. The number of rotatable bonds is 4. The van der Waals surface area contributed by atoms with Gasteiger partial charge >= 0.3 is 0 Å². The molecule has 0 aliphatic carbocycles. The average Bonchev–Trinajstić information content (AvgIpc) is 2.40. The Bertz CT molecular complexity index is 572. The van der Waals surface area contributed by atoms with Gasteiger partial charge in [-0.1, -0.05) is 35.9 Å². The van der Waals surface area contributed by atoms with E-state index in [1.165, 1.54) is 6.07 Å². The first-order valence-corrected chi connectivity index (χ1v) is 6.40. The van der Waals surface area contributed by atoms with Crippen molar-refractivity contribution < 1.29 is 9.50 Å². The van der Waals surface area contributed by atoms with E-state index < -0.39 is 11.9 Å². The third kappa shape index (κ3) is 3.46. The molecule has 1 atom stereocenters. The zero-order chi connectivity index (χ0) is 13.8. The summed E-state index contributed by atoms with van der Waals surface area (Å²) in [5.41, 5.74) is 2.57. The fourth-order valence-corrected chi connectivity index (χ4v) is 2.07. The van der Waals surface area contributed by atoms with E-state index in [0.717, 1.165) is 16.8 Å². The van der Waals surface area contributed by atoms with Gasteiger partial charge < -0.3 is 10.4 Å². The monoisotopic (exact) mass is 279 g/mol. The summed E-state index contributed by atoms with van der Waals surface area (Å²) in [5, 5.41) is 13.0. The SMILES string of the molecule is CC(O)c1ccccc1NCc1ccc(F)c(Cl)c1. The van der Waals surface area contributed by atoms with Gasteiger partial charge in [-0.25, -0.2) is 4.39 Å². The van der Waals surface area contributed by atoms with E-state index in [1.54, 1.807) is 19.1 Å². The molecule has 19 heavy (non-hydrogen) atoms. The number of anilines is 1. The van der Waals surface area contributed by atoms with Gasteiger partial charge in [0.25, 0.3) is 0 Å². The van der Waals surface area contributed by atoms with Crippen LogP contribution in [-0.4, -0.2) is 5.11 Å². The third-order valence-electron chi connectivity index (χ3n) is 2.88. The van der Waals surface area contributed by atoms with Crippen molar-refractivity contribution in [1.82, 2.24) is 0 Å². The summed E-state index contributed by atoms with van der Waals surface area (Å²) >= 11 is 5.73. The first kappa shape index (κ1) is 13.8. The molecule has 0 spiro atoms. The molecule has 2 aromatic rings. The van der Waals surface area contributed by atoms with Gasteiger partial charge in [-0.15, -0.1) is 0 Å². The fraction of sp³-hybridized carbons (Fsp3) is 0.200. The zero-order valence-corrected chi connectivity index (χ0v) is 11.3. The van der Waals surface area contributed by atoms with Gasteiger partial charge in [-0.3, -0.25) is 0 Å². The summed E-state index contributed by atoms with van der Waals surface area (Å²) in [7, 11) is 0. The molecule has 2 rings (SSSR count). The molecule has 0 radical (unpaired) electrons. The van der Waals surface area contributed by atoms with Crippen LogP contribution in [0, 0.1) is 5.82 Å². The summed E-state index contributed by atoms with van der Waals surface area (Å²) < 4.78 is 13.0. The van der Waals surface area contributed by atoms with E-state index in [9.17, 15) is 9.50 Å². The summed E-state index contributed by atoms with van der Waals surface area (Å²) in [6.45, 7) is 2.24. The zero-order valence-electron chi connectivity index (χ0n) is 10.5. The molecule has 4 heteroatoms. The molecular formula is C15H15ClFNO. The van der Waals surface area contributed by atoms with Crippen molar-refractivity contribution in [3.05, 3.63) is 64.4 Å². The number of para-hydroxylation sites is 1. The molecule has 0 saturated heterocycles. The summed E-state index contributed by atoms with van der Waals surface area (Å²) in [6, 6.07) is 12.2. The Morgan fingerprint density at radius 3 is 2.68 bits per heavy atom. The van der Waals surface area contributed by atoms with Crippen LogP contribution < -0.4 is 5.32 Å². The van der Waals surface area contributed by atoms with Gasteiger partial charge in [0.05, 0.1) is 11.1 Å². The van der Waals surface area contributed by atoms with Gasteiger partial charge in [-0.05, 0) is 30.7 Å². The third-order valence-corrected chi connectivity index (χ3v) is 3.17. The summed E-state index contributed by atoms with van der Waals surface area (Å²) in [4.78, 5) is 0. The Morgan fingerprint density at radius 2 is 2.00 bits per heavy atom. The molecule has 2 N–H and O–H groups in total. The van der Waals surface area contributed by atoms with Gasteiger partial charge in [-0.2, -0.15) is 0 Å². The molecular weight excluding hydrogens is 265 g/mol. The predicted octanol–water partition coefficient (Wildman–Crippen LogP) is 4.14. The molecule has 0 fully saturated rings. The van der Waals surface area contributed by atoms with Crippen molar-refractivity contribution in [3.63, 3.8) is 0 Å². The van der Waals surface area contributed by atoms with Crippen LogP contribution in [0.1, 0.15) is 24.2 Å². The molecule has 2 aromatic carbocycles. The van der Waals surface area contributed by atoms with Crippen LogP contribution in [0.5, 0.6) is 0 Å². The van der Waals surface area contributed by atoms with Crippen molar-refractivity contribution in [2.24, 2.45) is 0 Å². The number of aliphatic hydroxyl groups is 1. The highest BCUT2D eigenvalue weighted by molar-refractivity contribution is 6.30. The standard InChI is InChI=1S/C15H15ClFNO/c1-10(19)12-4-2-3-5-15(12)18-9-11-6-7-14(17)13(16)8-11/h2-8,10,18-19H,9H2,1H3. The minimum atomic E-state index is -0.541. The number of halogens is 2. The number of aliphatic hydroxyl groups excluding tert-OH is 1. The van der Waals surface area contributed by atoms with Gasteiger partial charge in [0, 0.05) is 17.8 Å². The Kier molecular flexibility index (Phi) is 4.40. The normalized spacial score (nSPS) is 12.2. The fourth-order valence-electron chi connectivity index (χ4n) is 1.87. The maximum absolute atomic E-state index is 13.0. The van der Waals surface area contributed by atoms with Crippen molar-refractivity contribution in [2.45, 2.75) is 19.6 Å². The van der Waals surface area contributed by atoms with Crippen molar-refractivity contribution in [2.75, 3.05) is 5.32 Å². The molecule has 2 nitrogen and oxygen atoms in total. The van der Waals surface area contributed by atoms with E-state index in [-0.39, 0.29) is 5.02 Å². The lowest BCUT2D eigenvalue weighted by Gasteiger charge is -2.14. The van der Waals surface area contributed by atoms with Crippen LogP contribution in [0.15, 0.2) is 42.5 Å². The van der Waals surface area contributed by atoms with Crippen LogP contribution in [0.2, 0.25) is 5.02 Å². The maximum Gasteiger partial charge on any atom is 0.141 e. The highest BCUT2D eigenvalue weighted by Gasteiger charge is 2.07. The van der Waals surface area contributed by atoms with E-state index >= 15 is 0 Å². The Labute approximate surface area is 116 Å². The minimum Gasteiger partial charge on any atom is -0.389 e. The number of nitrogens with one attached hydrogen (secondary N) is 1. The summed E-state index contributed by atoms with van der Waals surface area (Å²) in [5.74, 6) is -0.421. The van der Waals surface area contributed by atoms with E-state index in [0.29, 0.717) is 6.54 Å². The number of benzene rings is 2. The molecule has 0 saturated carbocycles. The topological polar surface area (TPSA) is 32.3 Å². The largest absolute Gasteiger partial charge is 0.389 e. The first-order chi connectivity index (χ1) is 9.08. The van der Waals surface area contributed by atoms with Gasteiger partial charge in [0.15, 0.2) is 0 Å². The second-order valence-electron chi connectivity index (χ2n) is 4.37. The first-order valence-electron chi connectivity index (χ1n) is 6.02. The van der Waals surface area contributed by atoms with Gasteiger partial charge in [0.2, 0.25) is 0 Å². The van der Waals surface area contributed by atoms with Crippen molar-refractivity contribution >= 4 is 17.3 Å². The van der Waals surface area contributed by atoms with E-state index in [2.05, 4.69) is 5.32 Å². The quantitative estimate of drug-likeness (QED) is 0.881. The number of hydrogen-bond donors (Lipinski definition) is 2. The maximum atomic E-state index is 13.0. The van der Waals surface area contributed by atoms with Gasteiger partial charge in [0.1, 0.15) is 5.82 Å². The average molecular weight is 280 g/mol. The van der Waals surface area contributed by atoms with Crippen LogP contribution in [0.4, 0.5) is 10.1 Å². The molecule has 0 aromatic heterocycles.